The Kier molecular flexibility index (Phi) is 5.09. The van der Waals surface area contributed by atoms with Crippen LogP contribution in [0, 0.1) is 11.3 Å². The largest absolute Gasteiger partial charge is 0.394 e. The fourth-order valence-electron chi connectivity index (χ4n) is 0.944. The number of nitrogens with two attached hydrogens (primary N) is 1. The molecule has 3 nitrogen and oxygen atoms in total. The van der Waals surface area contributed by atoms with Gasteiger partial charge in [-0.2, -0.15) is 5.26 Å². The molecule has 0 amide bonds. The summed E-state index contributed by atoms with van der Waals surface area (Å²) in [5.41, 5.74) is 6.91. The van der Waals surface area contributed by atoms with Crippen molar-refractivity contribution in [2.24, 2.45) is 5.73 Å². The highest BCUT2D eigenvalue weighted by Crippen LogP contribution is 2.10. The van der Waals surface area contributed by atoms with Gasteiger partial charge in [-0.25, -0.2) is 0 Å². The number of hydrogen-bond donors (Lipinski definition) is 2. The lowest BCUT2D eigenvalue weighted by molar-refractivity contribution is 0.268. The maximum absolute atomic E-state index is 8.74. The minimum atomic E-state index is -0.390. The van der Waals surface area contributed by atoms with Crippen LogP contribution in [0.4, 0.5) is 0 Å². The van der Waals surface area contributed by atoms with Crippen molar-refractivity contribution in [2.45, 2.75) is 6.04 Å². The minimum Gasteiger partial charge on any atom is -0.394 e. The molecule has 1 aromatic rings. The summed E-state index contributed by atoms with van der Waals surface area (Å²) in [6.07, 6.45) is 0. The molecule has 0 bridgehead atoms. The van der Waals surface area contributed by atoms with Gasteiger partial charge in [-0.3, -0.25) is 0 Å². The van der Waals surface area contributed by atoms with Crippen molar-refractivity contribution in [2.75, 3.05) is 6.61 Å². The standard InChI is InChI=1S/C9H10N2O.ClH/c10-5-7-2-1-3-8(4-7)9(11)6-12;/h1-4,9,12H,6,11H2;1H. The van der Waals surface area contributed by atoms with Gasteiger partial charge in [0.1, 0.15) is 0 Å². The summed E-state index contributed by atoms with van der Waals surface area (Å²) in [5.74, 6) is 0. The van der Waals surface area contributed by atoms with Gasteiger partial charge in [0, 0.05) is 0 Å². The molecule has 0 aliphatic heterocycles. The Hall–Kier alpha value is -1.08. The fourth-order valence-corrected chi connectivity index (χ4v) is 0.944. The maximum atomic E-state index is 8.74. The molecular formula is C9H11ClN2O. The molecule has 70 valence electrons. The van der Waals surface area contributed by atoms with Gasteiger partial charge in [0.05, 0.1) is 24.3 Å². The molecule has 13 heavy (non-hydrogen) atoms. The van der Waals surface area contributed by atoms with E-state index in [1.54, 1.807) is 24.3 Å². The molecule has 0 aromatic heterocycles. The quantitative estimate of drug-likeness (QED) is 0.744. The molecule has 3 N–H and O–H groups in total. The van der Waals surface area contributed by atoms with E-state index >= 15 is 0 Å². The van der Waals surface area contributed by atoms with Crippen LogP contribution in [0.1, 0.15) is 17.2 Å². The van der Waals surface area contributed by atoms with E-state index in [4.69, 9.17) is 16.1 Å². The molecule has 0 aliphatic carbocycles. The molecular weight excluding hydrogens is 188 g/mol. The number of aliphatic hydroxyl groups excluding tert-OH is 1. The van der Waals surface area contributed by atoms with Crippen LogP contribution in [-0.4, -0.2) is 11.7 Å². The number of nitriles is 1. The molecule has 1 unspecified atom stereocenters. The monoisotopic (exact) mass is 198 g/mol. The molecule has 1 aromatic carbocycles. The SMILES string of the molecule is Cl.N#Cc1cccc(C(N)CO)c1. The normalized spacial score (nSPS) is 11.2. The molecule has 0 heterocycles. The summed E-state index contributed by atoms with van der Waals surface area (Å²) in [6.45, 7) is -0.102. The van der Waals surface area contributed by atoms with Crippen molar-refractivity contribution in [3.63, 3.8) is 0 Å². The Morgan fingerprint density at radius 3 is 2.77 bits per heavy atom. The highest BCUT2D eigenvalue weighted by atomic mass is 35.5. The van der Waals surface area contributed by atoms with Gasteiger partial charge >= 0.3 is 0 Å². The summed E-state index contributed by atoms with van der Waals surface area (Å²) in [5, 5.41) is 17.3. The van der Waals surface area contributed by atoms with Crippen LogP contribution in [0.2, 0.25) is 0 Å². The zero-order valence-electron chi connectivity index (χ0n) is 6.97. The topological polar surface area (TPSA) is 70.0 Å². The first-order valence-electron chi connectivity index (χ1n) is 3.64. The van der Waals surface area contributed by atoms with Crippen molar-refractivity contribution >= 4 is 12.4 Å². The summed E-state index contributed by atoms with van der Waals surface area (Å²) in [6, 6.07) is 8.55. The Bertz CT molecular complexity index is 309. The third kappa shape index (κ3) is 3.03. The Balaban J connectivity index is 0.00000144. The van der Waals surface area contributed by atoms with Crippen LogP contribution >= 0.6 is 12.4 Å². The third-order valence-corrected chi connectivity index (χ3v) is 1.64. The molecule has 1 atom stereocenters. The molecule has 0 saturated heterocycles. The smallest absolute Gasteiger partial charge is 0.0991 e. The van der Waals surface area contributed by atoms with Gasteiger partial charge in [-0.1, -0.05) is 12.1 Å². The van der Waals surface area contributed by atoms with E-state index in [2.05, 4.69) is 0 Å². The van der Waals surface area contributed by atoms with Crippen molar-refractivity contribution in [3.8, 4) is 6.07 Å². The van der Waals surface area contributed by atoms with Gasteiger partial charge in [0.2, 0.25) is 0 Å². The average Bonchev–Trinajstić information content (AvgIpc) is 2.17. The summed E-state index contributed by atoms with van der Waals surface area (Å²) >= 11 is 0. The van der Waals surface area contributed by atoms with Gasteiger partial charge < -0.3 is 10.8 Å². The van der Waals surface area contributed by atoms with Crippen LogP contribution in [0.5, 0.6) is 0 Å². The lowest BCUT2D eigenvalue weighted by Crippen LogP contribution is -2.14. The molecule has 1 rings (SSSR count). The maximum Gasteiger partial charge on any atom is 0.0991 e. The molecule has 0 spiro atoms. The van der Waals surface area contributed by atoms with Gasteiger partial charge in [0.25, 0.3) is 0 Å². The first-order valence-corrected chi connectivity index (χ1v) is 3.64. The van der Waals surface area contributed by atoms with E-state index in [9.17, 15) is 0 Å². The van der Waals surface area contributed by atoms with Gasteiger partial charge in [0.15, 0.2) is 0 Å². The van der Waals surface area contributed by atoms with E-state index in [0.717, 1.165) is 5.56 Å². The minimum absolute atomic E-state index is 0. The van der Waals surface area contributed by atoms with Crippen LogP contribution in [-0.2, 0) is 0 Å². The highest BCUT2D eigenvalue weighted by molar-refractivity contribution is 5.85. The predicted octanol–water partition coefficient (Wildman–Crippen LogP) is 0.972. The van der Waals surface area contributed by atoms with Crippen LogP contribution in [0.15, 0.2) is 24.3 Å². The second kappa shape index (κ2) is 5.55. The Morgan fingerprint density at radius 2 is 2.23 bits per heavy atom. The van der Waals surface area contributed by atoms with Crippen molar-refractivity contribution in [1.82, 2.24) is 0 Å². The molecule has 4 heteroatoms. The second-order valence-electron chi connectivity index (χ2n) is 2.53. The number of hydrogen-bond acceptors (Lipinski definition) is 3. The van der Waals surface area contributed by atoms with Gasteiger partial charge in [-0.15, -0.1) is 12.4 Å². The van der Waals surface area contributed by atoms with E-state index in [0.29, 0.717) is 5.56 Å². The Labute approximate surface area is 83.2 Å². The van der Waals surface area contributed by atoms with Crippen molar-refractivity contribution in [1.29, 1.82) is 5.26 Å². The summed E-state index contributed by atoms with van der Waals surface area (Å²) in [4.78, 5) is 0. The zero-order valence-corrected chi connectivity index (χ0v) is 7.79. The first kappa shape index (κ1) is 11.9. The summed E-state index contributed by atoms with van der Waals surface area (Å²) in [7, 11) is 0. The number of halogens is 1. The number of benzene rings is 1. The van der Waals surface area contributed by atoms with Crippen LogP contribution in [0.3, 0.4) is 0 Å². The number of aliphatic hydroxyl groups is 1. The lowest BCUT2D eigenvalue weighted by Gasteiger charge is -2.07. The first-order chi connectivity index (χ1) is 5.77. The van der Waals surface area contributed by atoms with Crippen molar-refractivity contribution < 1.29 is 5.11 Å². The van der Waals surface area contributed by atoms with E-state index < -0.39 is 6.04 Å². The Morgan fingerprint density at radius 1 is 1.54 bits per heavy atom. The third-order valence-electron chi connectivity index (χ3n) is 1.64. The predicted molar refractivity (Wildman–Crippen MR) is 52.4 cm³/mol. The fraction of sp³-hybridized carbons (Fsp3) is 0.222. The van der Waals surface area contributed by atoms with Crippen molar-refractivity contribution in [3.05, 3.63) is 35.4 Å². The van der Waals surface area contributed by atoms with Crippen LogP contribution in [0.25, 0.3) is 0 Å². The average molecular weight is 199 g/mol. The van der Waals surface area contributed by atoms with E-state index in [1.165, 1.54) is 0 Å². The number of rotatable bonds is 2. The van der Waals surface area contributed by atoms with E-state index in [1.807, 2.05) is 6.07 Å². The highest BCUT2D eigenvalue weighted by Gasteiger charge is 2.03. The molecule has 0 saturated carbocycles. The molecule has 0 aliphatic rings. The van der Waals surface area contributed by atoms with E-state index in [-0.39, 0.29) is 19.0 Å². The molecule has 0 fully saturated rings. The second-order valence-corrected chi connectivity index (χ2v) is 2.53. The molecule has 0 radical (unpaired) electrons. The van der Waals surface area contributed by atoms with Gasteiger partial charge in [-0.05, 0) is 17.7 Å². The number of nitrogens with zero attached hydrogens (tertiary/aromatic N) is 1. The zero-order chi connectivity index (χ0) is 8.97. The summed E-state index contributed by atoms with van der Waals surface area (Å²) < 4.78 is 0. The lowest BCUT2D eigenvalue weighted by atomic mass is 10.1. The van der Waals surface area contributed by atoms with Crippen LogP contribution < -0.4 is 5.73 Å².